The lowest BCUT2D eigenvalue weighted by molar-refractivity contribution is -0.0243. The van der Waals surface area contributed by atoms with Gasteiger partial charge >= 0.3 is 12.3 Å². The molecule has 0 unspecified atom stereocenters. The third-order valence-electron chi connectivity index (χ3n) is 7.84. The molecule has 7 heteroatoms. The lowest BCUT2D eigenvalue weighted by atomic mass is 9.84. The summed E-state index contributed by atoms with van der Waals surface area (Å²) in [6.07, 6.45) is 0.286. The highest BCUT2D eigenvalue weighted by molar-refractivity contribution is 6.11. The molecular formula is C30H26N2O5. The van der Waals surface area contributed by atoms with E-state index in [-0.39, 0.29) is 11.8 Å². The summed E-state index contributed by atoms with van der Waals surface area (Å²) >= 11 is 0. The highest BCUT2D eigenvalue weighted by Gasteiger charge is 2.48. The molecule has 3 aromatic carbocycles. The van der Waals surface area contributed by atoms with E-state index in [4.69, 9.17) is 14.2 Å². The Hall–Kier alpha value is -4.10. The second kappa shape index (κ2) is 8.21. The molecule has 1 spiro atoms. The van der Waals surface area contributed by atoms with Crippen molar-refractivity contribution in [2.24, 2.45) is 0 Å². The first-order valence-corrected chi connectivity index (χ1v) is 12.7. The zero-order valence-corrected chi connectivity index (χ0v) is 20.5. The van der Waals surface area contributed by atoms with Crippen molar-refractivity contribution in [3.63, 3.8) is 0 Å². The van der Waals surface area contributed by atoms with Crippen molar-refractivity contribution in [3.8, 4) is 11.5 Å². The van der Waals surface area contributed by atoms with E-state index in [9.17, 15) is 9.59 Å². The quantitative estimate of drug-likeness (QED) is 0.327. The molecule has 3 aliphatic rings. The molecule has 0 radical (unpaired) electrons. The Morgan fingerprint density at radius 2 is 1.70 bits per heavy atom. The smallest absolute Gasteiger partial charge is 0.339 e. The average Bonchev–Trinajstić information content (AvgIpc) is 3.54. The third-order valence-corrected chi connectivity index (χ3v) is 7.84. The molecule has 1 saturated heterocycles. The first-order valence-electron chi connectivity index (χ1n) is 12.7. The minimum absolute atomic E-state index is 0.240. The number of fused-ring (bicyclic) bond motifs is 4. The fraction of sp³-hybridized carbons (Fsp3) is 0.267. The lowest BCUT2D eigenvalue weighted by Gasteiger charge is -2.33. The predicted molar refractivity (Wildman–Crippen MR) is 137 cm³/mol. The Balaban J connectivity index is 1.24. The van der Waals surface area contributed by atoms with Crippen LogP contribution in [-0.4, -0.2) is 35.7 Å². The van der Waals surface area contributed by atoms with E-state index in [0.717, 1.165) is 40.8 Å². The average molecular weight is 495 g/mol. The number of benzene rings is 3. The summed E-state index contributed by atoms with van der Waals surface area (Å²) in [5, 5.41) is 4.18. The molecule has 1 aromatic heterocycles. The molecule has 7 nitrogen and oxygen atoms in total. The van der Waals surface area contributed by atoms with Crippen LogP contribution < -0.4 is 14.8 Å². The molecule has 186 valence electrons. The van der Waals surface area contributed by atoms with Gasteiger partial charge in [-0.3, -0.25) is 4.79 Å². The van der Waals surface area contributed by atoms with Crippen LogP contribution in [0.5, 0.6) is 11.5 Å². The number of ether oxygens (including phenoxy) is 3. The van der Waals surface area contributed by atoms with Crippen LogP contribution >= 0.6 is 0 Å². The second-order valence-corrected chi connectivity index (χ2v) is 9.96. The van der Waals surface area contributed by atoms with Crippen molar-refractivity contribution in [3.05, 3.63) is 94.7 Å². The number of carbonyl (C=O) groups excluding carboxylic acids is 2. The maximum atomic E-state index is 13.9. The molecule has 1 atom stereocenters. The molecule has 0 amide bonds. The second-order valence-electron chi connectivity index (χ2n) is 9.96. The number of ketones is 1. The lowest BCUT2D eigenvalue weighted by Crippen LogP contribution is -2.40. The highest BCUT2D eigenvalue weighted by atomic mass is 16.7. The Labute approximate surface area is 213 Å². The number of esters is 1. The Morgan fingerprint density at radius 1 is 1.00 bits per heavy atom. The van der Waals surface area contributed by atoms with E-state index in [1.807, 2.05) is 55.5 Å². The van der Waals surface area contributed by atoms with Crippen LogP contribution in [0.15, 0.2) is 66.7 Å². The van der Waals surface area contributed by atoms with Crippen LogP contribution in [0.4, 0.5) is 0 Å². The van der Waals surface area contributed by atoms with Crippen molar-refractivity contribution >= 4 is 22.7 Å². The molecule has 1 fully saturated rings. The van der Waals surface area contributed by atoms with Gasteiger partial charge in [0.05, 0.1) is 11.1 Å². The maximum absolute atomic E-state index is 13.9. The van der Waals surface area contributed by atoms with E-state index >= 15 is 0 Å². The molecule has 4 heterocycles. The van der Waals surface area contributed by atoms with Crippen LogP contribution in [-0.2, 0) is 16.9 Å². The number of nitrogens with one attached hydrogen (secondary N) is 1. The van der Waals surface area contributed by atoms with E-state index in [0.29, 0.717) is 42.0 Å². The van der Waals surface area contributed by atoms with Crippen LogP contribution in [0.3, 0.4) is 0 Å². The molecule has 1 N–H and O–H groups in total. The van der Waals surface area contributed by atoms with Crippen molar-refractivity contribution < 1.29 is 23.8 Å². The minimum atomic E-state index is -1.12. The zero-order chi connectivity index (χ0) is 25.1. The highest BCUT2D eigenvalue weighted by Crippen LogP contribution is 2.48. The standard InChI is InChI=1S/C30H26N2O5/c1-18-26(20-9-5-6-10-23(20)32(18)17-19-7-3-2-4-8-19)27(33)29-35-24-15-21-22(16-25(24)36-29)30(37-28(21)34)11-13-31-14-12-30/h2-10,15-16,29,31H,11-14,17H2,1H3/t29-/m0/s1. The van der Waals surface area contributed by atoms with E-state index in [1.165, 1.54) is 0 Å². The van der Waals surface area contributed by atoms with E-state index in [2.05, 4.69) is 22.0 Å². The molecule has 0 saturated carbocycles. The summed E-state index contributed by atoms with van der Waals surface area (Å²) in [5.74, 6) is 0.277. The van der Waals surface area contributed by atoms with Gasteiger partial charge in [0.2, 0.25) is 5.78 Å². The van der Waals surface area contributed by atoms with Gasteiger partial charge in [-0.15, -0.1) is 0 Å². The molecule has 7 rings (SSSR count). The summed E-state index contributed by atoms with van der Waals surface area (Å²) in [7, 11) is 0. The third kappa shape index (κ3) is 3.38. The van der Waals surface area contributed by atoms with Crippen molar-refractivity contribution in [1.29, 1.82) is 0 Å². The van der Waals surface area contributed by atoms with E-state index in [1.54, 1.807) is 6.07 Å². The molecule has 0 bridgehead atoms. The number of nitrogens with zero attached hydrogens (tertiary/aromatic N) is 1. The Morgan fingerprint density at radius 3 is 2.49 bits per heavy atom. The monoisotopic (exact) mass is 494 g/mol. The van der Waals surface area contributed by atoms with Gasteiger partial charge in [-0.1, -0.05) is 48.5 Å². The minimum Gasteiger partial charge on any atom is -0.450 e. The maximum Gasteiger partial charge on any atom is 0.339 e. The van der Waals surface area contributed by atoms with Gasteiger partial charge in [0.1, 0.15) is 5.60 Å². The van der Waals surface area contributed by atoms with Gasteiger partial charge in [-0.05, 0) is 43.8 Å². The number of carbonyl (C=O) groups is 2. The largest absolute Gasteiger partial charge is 0.450 e. The fourth-order valence-electron chi connectivity index (χ4n) is 5.97. The van der Waals surface area contributed by atoms with Crippen LogP contribution in [0.1, 0.15) is 50.4 Å². The number of piperidine rings is 1. The zero-order valence-electron chi connectivity index (χ0n) is 20.5. The topological polar surface area (TPSA) is 78.8 Å². The van der Waals surface area contributed by atoms with Gasteiger partial charge in [-0.2, -0.15) is 0 Å². The molecule has 4 aromatic rings. The van der Waals surface area contributed by atoms with Crippen LogP contribution in [0.25, 0.3) is 10.9 Å². The van der Waals surface area contributed by atoms with Gasteiger partial charge < -0.3 is 24.1 Å². The number of hydrogen-bond acceptors (Lipinski definition) is 6. The van der Waals surface area contributed by atoms with Gasteiger partial charge in [0.15, 0.2) is 11.5 Å². The molecule has 0 aliphatic carbocycles. The van der Waals surface area contributed by atoms with Gasteiger partial charge in [0.25, 0.3) is 0 Å². The first-order chi connectivity index (χ1) is 18.0. The van der Waals surface area contributed by atoms with Crippen molar-refractivity contribution in [2.45, 2.75) is 38.2 Å². The summed E-state index contributed by atoms with van der Waals surface area (Å²) in [6, 6.07) is 21.6. The number of aromatic nitrogens is 1. The Kier molecular flexibility index (Phi) is 4.91. The summed E-state index contributed by atoms with van der Waals surface area (Å²) in [4.78, 5) is 26.6. The van der Waals surface area contributed by atoms with Crippen LogP contribution in [0, 0.1) is 6.92 Å². The number of para-hydroxylation sites is 1. The summed E-state index contributed by atoms with van der Waals surface area (Å²) in [6.45, 7) is 4.16. The number of Topliss-reactive ketones (excluding diaryl/α,β-unsaturated/α-hetero) is 1. The molecular weight excluding hydrogens is 468 g/mol. The summed E-state index contributed by atoms with van der Waals surface area (Å²) in [5.41, 5.74) is 4.26. The van der Waals surface area contributed by atoms with Gasteiger partial charge in [-0.25, -0.2) is 4.79 Å². The fourth-order valence-corrected chi connectivity index (χ4v) is 5.97. The Bertz CT molecular complexity index is 1570. The van der Waals surface area contributed by atoms with E-state index < -0.39 is 11.9 Å². The summed E-state index contributed by atoms with van der Waals surface area (Å²) < 4.78 is 20.1. The number of rotatable bonds is 4. The van der Waals surface area contributed by atoms with Crippen LogP contribution in [0.2, 0.25) is 0 Å². The van der Waals surface area contributed by atoms with Crippen molar-refractivity contribution in [1.82, 2.24) is 9.88 Å². The number of hydrogen-bond donors (Lipinski definition) is 1. The molecule has 3 aliphatic heterocycles. The van der Waals surface area contributed by atoms with Crippen molar-refractivity contribution in [2.75, 3.05) is 13.1 Å². The van der Waals surface area contributed by atoms with Gasteiger partial charge in [0, 0.05) is 41.5 Å². The normalized spacial score (nSPS) is 19.3. The predicted octanol–water partition coefficient (Wildman–Crippen LogP) is 4.73. The SMILES string of the molecule is Cc1c(C(=O)[C@H]2Oc3cc4c(cc3O2)C2(CCNCC2)OC4=O)c2ccccc2n1Cc1ccccc1. The first kappa shape index (κ1) is 22.1. The molecule has 37 heavy (non-hydrogen) atoms.